The zero-order valence-corrected chi connectivity index (χ0v) is 12.4. The standard InChI is InChI=1S/C16H26N2O/c1-13-10-18(11-14(2)19-13)12-16-6-4-15(5-7-16)8-9-17-3/h4-7,13-14,17H,8-12H2,1-3H3. The molecule has 0 aromatic heterocycles. The van der Waals surface area contributed by atoms with E-state index >= 15 is 0 Å². The maximum Gasteiger partial charge on any atom is 0.0678 e. The van der Waals surface area contributed by atoms with Crippen LogP contribution >= 0.6 is 0 Å². The molecule has 1 fully saturated rings. The van der Waals surface area contributed by atoms with Gasteiger partial charge >= 0.3 is 0 Å². The molecule has 1 aromatic carbocycles. The fourth-order valence-corrected chi connectivity index (χ4v) is 2.75. The quantitative estimate of drug-likeness (QED) is 0.879. The fourth-order valence-electron chi connectivity index (χ4n) is 2.75. The Labute approximate surface area is 116 Å². The third-order valence-corrected chi connectivity index (χ3v) is 3.59. The summed E-state index contributed by atoms with van der Waals surface area (Å²) in [5, 5.41) is 3.18. The van der Waals surface area contributed by atoms with Crippen LogP contribution in [0.25, 0.3) is 0 Å². The zero-order valence-electron chi connectivity index (χ0n) is 12.4. The molecule has 1 aliphatic heterocycles. The van der Waals surface area contributed by atoms with Gasteiger partial charge in [0, 0.05) is 19.6 Å². The molecule has 3 heteroatoms. The molecule has 0 spiro atoms. The molecule has 3 nitrogen and oxygen atoms in total. The first-order valence-electron chi connectivity index (χ1n) is 7.27. The van der Waals surface area contributed by atoms with Crippen molar-refractivity contribution in [2.24, 2.45) is 0 Å². The first-order chi connectivity index (χ1) is 9.17. The molecule has 2 unspecified atom stereocenters. The molecule has 106 valence electrons. The van der Waals surface area contributed by atoms with Crippen LogP contribution in [0.2, 0.25) is 0 Å². The summed E-state index contributed by atoms with van der Waals surface area (Å²) in [4.78, 5) is 2.49. The average Bonchev–Trinajstić information content (AvgIpc) is 2.37. The minimum absolute atomic E-state index is 0.346. The van der Waals surface area contributed by atoms with Gasteiger partial charge in [0.15, 0.2) is 0 Å². The molecule has 2 atom stereocenters. The van der Waals surface area contributed by atoms with Gasteiger partial charge in [-0.3, -0.25) is 4.90 Å². The van der Waals surface area contributed by atoms with Crippen molar-refractivity contribution in [2.75, 3.05) is 26.7 Å². The highest BCUT2D eigenvalue weighted by Gasteiger charge is 2.21. The van der Waals surface area contributed by atoms with Crippen LogP contribution in [0, 0.1) is 0 Å². The normalized spacial score (nSPS) is 24.6. The van der Waals surface area contributed by atoms with Crippen LogP contribution in [0.1, 0.15) is 25.0 Å². The van der Waals surface area contributed by atoms with Crippen molar-refractivity contribution in [1.82, 2.24) is 10.2 Å². The molecule has 0 amide bonds. The summed E-state index contributed by atoms with van der Waals surface area (Å²) in [6.07, 6.45) is 1.79. The number of benzene rings is 1. The van der Waals surface area contributed by atoms with Gasteiger partial charge in [-0.2, -0.15) is 0 Å². The number of rotatable bonds is 5. The number of ether oxygens (including phenoxy) is 1. The summed E-state index contributed by atoms with van der Waals surface area (Å²) < 4.78 is 5.77. The summed E-state index contributed by atoms with van der Waals surface area (Å²) in [6.45, 7) is 8.45. The predicted octanol–water partition coefficient (Wildman–Crippen LogP) is 2.06. The molecule has 1 N–H and O–H groups in total. The van der Waals surface area contributed by atoms with Gasteiger partial charge in [0.05, 0.1) is 12.2 Å². The Hall–Kier alpha value is -0.900. The monoisotopic (exact) mass is 262 g/mol. The second-order valence-electron chi connectivity index (χ2n) is 5.62. The lowest BCUT2D eigenvalue weighted by Gasteiger charge is -2.35. The molecule has 0 radical (unpaired) electrons. The predicted molar refractivity (Wildman–Crippen MR) is 79.4 cm³/mol. The third-order valence-electron chi connectivity index (χ3n) is 3.59. The minimum Gasteiger partial charge on any atom is -0.373 e. The second kappa shape index (κ2) is 7.04. The van der Waals surface area contributed by atoms with Crippen molar-refractivity contribution in [2.45, 2.75) is 39.0 Å². The van der Waals surface area contributed by atoms with Gasteiger partial charge in [-0.05, 0) is 45.0 Å². The Morgan fingerprint density at radius 2 is 1.68 bits per heavy atom. The lowest BCUT2D eigenvalue weighted by atomic mass is 10.1. The van der Waals surface area contributed by atoms with E-state index in [0.717, 1.165) is 32.6 Å². The maximum atomic E-state index is 5.77. The molecule has 19 heavy (non-hydrogen) atoms. The van der Waals surface area contributed by atoms with E-state index in [9.17, 15) is 0 Å². The van der Waals surface area contributed by atoms with E-state index in [-0.39, 0.29) is 0 Å². The first-order valence-corrected chi connectivity index (χ1v) is 7.27. The van der Waals surface area contributed by atoms with Crippen LogP contribution in [0.3, 0.4) is 0 Å². The molecule has 1 aliphatic rings. The van der Waals surface area contributed by atoms with Gasteiger partial charge < -0.3 is 10.1 Å². The van der Waals surface area contributed by atoms with E-state index in [1.807, 2.05) is 7.05 Å². The molecule has 1 saturated heterocycles. The Balaban J connectivity index is 1.88. The number of hydrogen-bond acceptors (Lipinski definition) is 3. The molecular formula is C16H26N2O. The maximum absolute atomic E-state index is 5.77. The first kappa shape index (κ1) is 14.5. The van der Waals surface area contributed by atoms with Crippen molar-refractivity contribution >= 4 is 0 Å². The number of nitrogens with zero attached hydrogens (tertiary/aromatic N) is 1. The van der Waals surface area contributed by atoms with E-state index in [4.69, 9.17) is 4.74 Å². The van der Waals surface area contributed by atoms with Crippen LogP contribution < -0.4 is 5.32 Å². The Bertz CT molecular complexity index is 367. The summed E-state index contributed by atoms with van der Waals surface area (Å²) >= 11 is 0. The lowest BCUT2D eigenvalue weighted by molar-refractivity contribution is -0.0704. The molecule has 1 aromatic rings. The number of likely N-dealkylation sites (N-methyl/N-ethyl adjacent to an activating group) is 1. The van der Waals surface area contributed by atoms with Crippen molar-refractivity contribution in [3.05, 3.63) is 35.4 Å². The van der Waals surface area contributed by atoms with Crippen LogP contribution in [-0.4, -0.2) is 43.8 Å². The lowest BCUT2D eigenvalue weighted by Crippen LogP contribution is -2.44. The molecule has 1 heterocycles. The van der Waals surface area contributed by atoms with Crippen LogP contribution in [0.5, 0.6) is 0 Å². The third kappa shape index (κ3) is 4.60. The van der Waals surface area contributed by atoms with Gasteiger partial charge in [-0.25, -0.2) is 0 Å². The van der Waals surface area contributed by atoms with Crippen LogP contribution in [0.4, 0.5) is 0 Å². The van der Waals surface area contributed by atoms with Crippen molar-refractivity contribution in [3.8, 4) is 0 Å². The number of nitrogens with one attached hydrogen (secondary N) is 1. The van der Waals surface area contributed by atoms with Crippen molar-refractivity contribution in [1.29, 1.82) is 0 Å². The zero-order chi connectivity index (χ0) is 13.7. The minimum atomic E-state index is 0.346. The van der Waals surface area contributed by atoms with E-state index in [2.05, 4.69) is 48.3 Å². The Morgan fingerprint density at radius 1 is 1.11 bits per heavy atom. The summed E-state index contributed by atoms with van der Waals surface area (Å²) in [5.41, 5.74) is 2.80. The van der Waals surface area contributed by atoms with Gasteiger partial charge in [0.2, 0.25) is 0 Å². The van der Waals surface area contributed by atoms with Crippen molar-refractivity contribution < 1.29 is 4.74 Å². The summed E-state index contributed by atoms with van der Waals surface area (Å²) in [5.74, 6) is 0. The highest BCUT2D eigenvalue weighted by Crippen LogP contribution is 2.14. The smallest absolute Gasteiger partial charge is 0.0678 e. The van der Waals surface area contributed by atoms with Gasteiger partial charge in [-0.15, -0.1) is 0 Å². The Morgan fingerprint density at radius 3 is 2.26 bits per heavy atom. The summed E-state index contributed by atoms with van der Waals surface area (Å²) in [6, 6.07) is 9.02. The topological polar surface area (TPSA) is 24.5 Å². The number of morpholine rings is 1. The summed E-state index contributed by atoms with van der Waals surface area (Å²) in [7, 11) is 2.00. The van der Waals surface area contributed by atoms with Crippen molar-refractivity contribution in [3.63, 3.8) is 0 Å². The van der Waals surface area contributed by atoms with E-state index in [0.29, 0.717) is 12.2 Å². The largest absolute Gasteiger partial charge is 0.373 e. The highest BCUT2D eigenvalue weighted by atomic mass is 16.5. The van der Waals surface area contributed by atoms with E-state index in [1.165, 1.54) is 11.1 Å². The fraction of sp³-hybridized carbons (Fsp3) is 0.625. The highest BCUT2D eigenvalue weighted by molar-refractivity contribution is 5.22. The van der Waals surface area contributed by atoms with Gasteiger partial charge in [-0.1, -0.05) is 24.3 Å². The van der Waals surface area contributed by atoms with Gasteiger partial charge in [0.1, 0.15) is 0 Å². The SMILES string of the molecule is CNCCc1ccc(CN2CC(C)OC(C)C2)cc1. The van der Waals surface area contributed by atoms with Crippen LogP contribution in [0.15, 0.2) is 24.3 Å². The molecule has 0 aliphatic carbocycles. The average molecular weight is 262 g/mol. The van der Waals surface area contributed by atoms with Gasteiger partial charge in [0.25, 0.3) is 0 Å². The molecule has 0 saturated carbocycles. The van der Waals surface area contributed by atoms with E-state index < -0.39 is 0 Å². The second-order valence-corrected chi connectivity index (χ2v) is 5.62. The molecule has 2 rings (SSSR count). The van der Waals surface area contributed by atoms with E-state index in [1.54, 1.807) is 0 Å². The Kier molecular flexibility index (Phi) is 5.37. The molecule has 0 bridgehead atoms. The number of hydrogen-bond donors (Lipinski definition) is 1. The van der Waals surface area contributed by atoms with Crippen LogP contribution in [-0.2, 0) is 17.7 Å². The molecular weight excluding hydrogens is 236 g/mol.